The topological polar surface area (TPSA) is 121 Å². The van der Waals surface area contributed by atoms with Crippen LogP contribution in [0.2, 0.25) is 0 Å². The SMILES string of the molecule is C#CC(C)(C)Oc1ccc2c(CC(NC(=O)[C@@H]3CCCN3C(=O)OCC3c4ccccc4-c4ccccc43)C(=O)O)c(C(C)(C)C=C)[nH]c2c1. The molecule has 3 aromatic carbocycles. The molecule has 9 nitrogen and oxygen atoms in total. The van der Waals surface area contributed by atoms with E-state index in [9.17, 15) is 19.5 Å². The first kappa shape index (κ1) is 34.4. The number of carboxylic acid groups (broad SMARTS) is 1. The molecule has 1 aromatic heterocycles. The lowest BCUT2D eigenvalue weighted by Gasteiger charge is -2.26. The fourth-order valence-corrected chi connectivity index (χ4v) is 7.09. The molecule has 2 aliphatic rings. The predicted molar refractivity (Wildman–Crippen MR) is 193 cm³/mol. The van der Waals surface area contributed by atoms with Crippen LogP contribution in [0.1, 0.15) is 68.8 Å². The summed E-state index contributed by atoms with van der Waals surface area (Å²) in [5, 5.41) is 13.9. The minimum Gasteiger partial charge on any atom is -0.480 e. The second-order valence-corrected chi connectivity index (χ2v) is 14.1. The van der Waals surface area contributed by atoms with Crippen LogP contribution < -0.4 is 10.1 Å². The van der Waals surface area contributed by atoms with Gasteiger partial charge in [0.25, 0.3) is 0 Å². The first-order valence-corrected chi connectivity index (χ1v) is 16.9. The number of terminal acetylenes is 1. The molecule has 2 atom stereocenters. The lowest BCUT2D eigenvalue weighted by molar-refractivity contribution is -0.142. The second kappa shape index (κ2) is 13.4. The van der Waals surface area contributed by atoms with Gasteiger partial charge in [0.1, 0.15) is 24.4 Å². The van der Waals surface area contributed by atoms with E-state index in [1.807, 2.05) is 62.4 Å². The number of nitrogens with one attached hydrogen (secondary N) is 2. The van der Waals surface area contributed by atoms with Crippen LogP contribution in [-0.4, -0.2) is 63.8 Å². The summed E-state index contributed by atoms with van der Waals surface area (Å²) in [5.41, 5.74) is 5.32. The number of aromatic nitrogens is 1. The molecule has 258 valence electrons. The van der Waals surface area contributed by atoms with E-state index in [1.165, 1.54) is 4.90 Å². The zero-order chi connectivity index (χ0) is 35.8. The summed E-state index contributed by atoms with van der Waals surface area (Å²) in [6.07, 6.45) is 7.83. The Balaban J connectivity index is 1.19. The van der Waals surface area contributed by atoms with Gasteiger partial charge in [0.2, 0.25) is 5.91 Å². The van der Waals surface area contributed by atoms with E-state index in [-0.39, 0.29) is 18.9 Å². The third kappa shape index (κ3) is 6.58. The highest BCUT2D eigenvalue weighted by atomic mass is 16.6. The van der Waals surface area contributed by atoms with Gasteiger partial charge in [0.05, 0.1) is 0 Å². The quantitative estimate of drug-likeness (QED) is 0.117. The van der Waals surface area contributed by atoms with E-state index >= 15 is 0 Å². The molecule has 6 rings (SSSR count). The van der Waals surface area contributed by atoms with Crippen molar-refractivity contribution in [2.45, 2.75) is 76.0 Å². The highest BCUT2D eigenvalue weighted by Crippen LogP contribution is 2.44. The van der Waals surface area contributed by atoms with Crippen LogP contribution in [0.5, 0.6) is 5.75 Å². The number of ether oxygens (including phenoxy) is 2. The molecule has 9 heteroatoms. The number of rotatable bonds is 11. The molecule has 2 heterocycles. The van der Waals surface area contributed by atoms with Crippen molar-refractivity contribution < 1.29 is 29.0 Å². The third-order valence-corrected chi connectivity index (χ3v) is 9.90. The van der Waals surface area contributed by atoms with Gasteiger partial charge in [-0.3, -0.25) is 9.69 Å². The zero-order valence-corrected chi connectivity index (χ0v) is 28.9. The summed E-state index contributed by atoms with van der Waals surface area (Å²) in [6, 6.07) is 19.6. The number of likely N-dealkylation sites (tertiary alicyclic amines) is 1. The van der Waals surface area contributed by atoms with Crippen LogP contribution in [0.3, 0.4) is 0 Å². The molecule has 0 spiro atoms. The largest absolute Gasteiger partial charge is 0.480 e. The van der Waals surface area contributed by atoms with Crippen LogP contribution >= 0.6 is 0 Å². The minimum atomic E-state index is -1.26. The molecule has 1 fully saturated rings. The van der Waals surface area contributed by atoms with Crippen LogP contribution in [-0.2, 0) is 26.2 Å². The molecule has 1 saturated heterocycles. The van der Waals surface area contributed by atoms with Crippen molar-refractivity contribution in [1.29, 1.82) is 0 Å². The number of aliphatic carboxylic acids is 1. The smallest absolute Gasteiger partial charge is 0.410 e. The van der Waals surface area contributed by atoms with E-state index in [0.29, 0.717) is 25.1 Å². The Bertz CT molecular complexity index is 1970. The van der Waals surface area contributed by atoms with Crippen molar-refractivity contribution in [2.24, 2.45) is 0 Å². The highest BCUT2D eigenvalue weighted by molar-refractivity contribution is 5.91. The van der Waals surface area contributed by atoms with Crippen LogP contribution in [0.25, 0.3) is 22.0 Å². The fraction of sp³-hybridized carbons (Fsp3) is 0.341. The van der Waals surface area contributed by atoms with Crippen molar-refractivity contribution in [3.63, 3.8) is 0 Å². The fourth-order valence-electron chi connectivity index (χ4n) is 7.09. The number of benzene rings is 3. The van der Waals surface area contributed by atoms with E-state index < -0.39 is 41.1 Å². The van der Waals surface area contributed by atoms with Gasteiger partial charge in [-0.25, -0.2) is 9.59 Å². The number of carbonyl (C=O) groups excluding carboxylic acids is 2. The van der Waals surface area contributed by atoms with Crippen molar-refractivity contribution in [3.05, 3.63) is 102 Å². The molecule has 4 aromatic rings. The average molecular weight is 674 g/mol. The Morgan fingerprint density at radius 2 is 1.74 bits per heavy atom. The summed E-state index contributed by atoms with van der Waals surface area (Å²) >= 11 is 0. The van der Waals surface area contributed by atoms with Crippen molar-refractivity contribution >= 4 is 28.9 Å². The maximum atomic E-state index is 13.7. The second-order valence-electron chi connectivity index (χ2n) is 14.1. The number of amides is 2. The van der Waals surface area contributed by atoms with Gasteiger partial charge in [0, 0.05) is 47.0 Å². The van der Waals surface area contributed by atoms with Crippen LogP contribution in [0.15, 0.2) is 79.4 Å². The molecule has 0 saturated carbocycles. The number of aromatic amines is 1. The Hall–Kier alpha value is -5.49. The summed E-state index contributed by atoms with van der Waals surface area (Å²) in [4.78, 5) is 44.7. The molecule has 1 aliphatic carbocycles. The Labute approximate surface area is 292 Å². The monoisotopic (exact) mass is 673 g/mol. The number of hydrogen-bond donors (Lipinski definition) is 3. The van der Waals surface area contributed by atoms with Crippen LogP contribution in [0, 0.1) is 12.3 Å². The summed E-state index contributed by atoms with van der Waals surface area (Å²) in [7, 11) is 0. The van der Waals surface area contributed by atoms with Gasteiger partial charge in [-0.05, 0) is 66.6 Å². The summed E-state index contributed by atoms with van der Waals surface area (Å²) in [6.45, 7) is 12.0. The standard InChI is InChI=1S/C41H43N3O6/c1-7-40(3,4)36-31(30-20-19-25(22-33(30)42-36)50-41(5,6)8-2)23-34(38(46)47)43-37(45)35-18-13-21-44(35)39(48)49-24-32-28-16-11-9-14-26(28)27-15-10-12-17-29(27)32/h2,7,9-12,14-17,19-20,22,32,34-35,42H,1,13,18,21,23-24H2,3-6H3,(H,43,45)(H,46,47)/t34?,35-/m0/s1. The van der Waals surface area contributed by atoms with E-state index in [2.05, 4.69) is 34.9 Å². The molecular weight excluding hydrogens is 630 g/mol. The summed E-state index contributed by atoms with van der Waals surface area (Å²) < 4.78 is 11.8. The van der Waals surface area contributed by atoms with Crippen molar-refractivity contribution in [3.8, 4) is 29.2 Å². The number of carbonyl (C=O) groups is 3. The number of fused-ring (bicyclic) bond motifs is 4. The highest BCUT2D eigenvalue weighted by Gasteiger charge is 2.38. The first-order chi connectivity index (χ1) is 23.8. The molecule has 3 N–H and O–H groups in total. The molecule has 0 radical (unpaired) electrons. The summed E-state index contributed by atoms with van der Waals surface area (Å²) in [5.74, 6) is 1.36. The van der Waals surface area contributed by atoms with Gasteiger partial charge in [-0.2, -0.15) is 0 Å². The lowest BCUT2D eigenvalue weighted by atomic mass is 9.85. The van der Waals surface area contributed by atoms with Crippen LogP contribution in [0.4, 0.5) is 4.79 Å². The Morgan fingerprint density at radius 1 is 1.08 bits per heavy atom. The van der Waals surface area contributed by atoms with Gasteiger partial charge in [0.15, 0.2) is 5.60 Å². The van der Waals surface area contributed by atoms with Gasteiger partial charge < -0.3 is 24.9 Å². The number of hydrogen-bond acceptors (Lipinski definition) is 5. The number of nitrogens with zero attached hydrogens (tertiary/aromatic N) is 1. The maximum Gasteiger partial charge on any atom is 0.410 e. The molecule has 50 heavy (non-hydrogen) atoms. The Kier molecular flexibility index (Phi) is 9.23. The normalized spacial score (nSPS) is 16.3. The number of H-pyrrole nitrogens is 1. The van der Waals surface area contributed by atoms with Crippen molar-refractivity contribution in [1.82, 2.24) is 15.2 Å². The Morgan fingerprint density at radius 3 is 2.36 bits per heavy atom. The number of carboxylic acids is 1. The van der Waals surface area contributed by atoms with Gasteiger partial charge in [-0.15, -0.1) is 13.0 Å². The zero-order valence-electron chi connectivity index (χ0n) is 28.9. The molecule has 0 bridgehead atoms. The molecular formula is C41H43N3O6. The third-order valence-electron chi connectivity index (χ3n) is 9.90. The molecule has 2 amide bonds. The minimum absolute atomic E-state index is 0.00138. The number of allylic oxidation sites excluding steroid dienone is 1. The van der Waals surface area contributed by atoms with Crippen molar-refractivity contribution in [2.75, 3.05) is 13.2 Å². The predicted octanol–water partition coefficient (Wildman–Crippen LogP) is 6.95. The average Bonchev–Trinajstić information content (AvgIpc) is 3.82. The van der Waals surface area contributed by atoms with E-state index in [1.54, 1.807) is 26.0 Å². The van der Waals surface area contributed by atoms with Gasteiger partial charge >= 0.3 is 12.1 Å². The van der Waals surface area contributed by atoms with Gasteiger partial charge in [-0.1, -0.05) is 74.4 Å². The molecule has 1 aliphatic heterocycles. The van der Waals surface area contributed by atoms with E-state index in [0.717, 1.165) is 44.4 Å². The maximum absolute atomic E-state index is 13.7. The first-order valence-electron chi connectivity index (χ1n) is 16.9. The van der Waals surface area contributed by atoms with E-state index in [4.69, 9.17) is 15.9 Å². The molecule has 1 unspecified atom stereocenters. The lowest BCUT2D eigenvalue weighted by Crippen LogP contribution is -2.51.